The maximum atomic E-state index is 12.7. The van der Waals surface area contributed by atoms with Gasteiger partial charge in [0.1, 0.15) is 5.78 Å². The number of carbonyl (C=O) groups excluding carboxylic acids is 1. The van der Waals surface area contributed by atoms with Gasteiger partial charge in [-0.3, -0.25) is 4.79 Å². The highest BCUT2D eigenvalue weighted by atomic mass is 32.2. The first-order valence-electron chi connectivity index (χ1n) is 7.70. The molecule has 0 aromatic carbocycles. The first-order valence-corrected chi connectivity index (χ1v) is 8.85. The lowest BCUT2D eigenvalue weighted by Gasteiger charge is -2.39. The average Bonchev–Trinajstić information content (AvgIpc) is 2.87. The maximum Gasteiger partial charge on any atom is 0.139 e. The summed E-state index contributed by atoms with van der Waals surface area (Å²) in [7, 11) is 0. The van der Waals surface area contributed by atoms with Crippen LogP contribution in [-0.4, -0.2) is 35.5 Å². The average molecular weight is 283 g/mol. The molecule has 3 nitrogen and oxygen atoms in total. The molecule has 2 atom stereocenters. The number of thioether (sulfide) groups is 1. The molecule has 1 aliphatic carbocycles. The summed E-state index contributed by atoms with van der Waals surface area (Å²) in [5, 5.41) is 0. The Labute approximate surface area is 120 Å². The second kappa shape index (κ2) is 5.74. The number of hydrogen-bond donors (Lipinski definition) is 1. The number of carbonyl (C=O) groups is 1. The monoisotopic (exact) mass is 283 g/mol. The molecule has 0 amide bonds. The van der Waals surface area contributed by atoms with Crippen molar-refractivity contribution in [1.82, 2.24) is 0 Å². The SMILES string of the molecule is NC1CCC(C(=O)C2CCOC3(CCSC3)C2)CC1. The summed E-state index contributed by atoms with van der Waals surface area (Å²) in [5.74, 6) is 3.35. The molecular formula is C15H25NO2S. The topological polar surface area (TPSA) is 52.3 Å². The van der Waals surface area contributed by atoms with E-state index in [2.05, 4.69) is 0 Å². The molecule has 108 valence electrons. The third-order valence-electron chi connectivity index (χ3n) is 5.14. The van der Waals surface area contributed by atoms with Crippen LogP contribution in [0.1, 0.15) is 44.9 Å². The van der Waals surface area contributed by atoms with Gasteiger partial charge in [-0.25, -0.2) is 0 Å². The van der Waals surface area contributed by atoms with Crippen molar-refractivity contribution in [3.63, 3.8) is 0 Å². The van der Waals surface area contributed by atoms with E-state index in [9.17, 15) is 4.79 Å². The molecule has 3 aliphatic rings. The van der Waals surface area contributed by atoms with Gasteiger partial charge in [-0.2, -0.15) is 11.8 Å². The summed E-state index contributed by atoms with van der Waals surface area (Å²) in [4.78, 5) is 12.7. The number of Topliss-reactive ketones (excluding diaryl/α,β-unsaturated/α-hetero) is 1. The molecule has 1 saturated carbocycles. The fraction of sp³-hybridized carbons (Fsp3) is 0.933. The largest absolute Gasteiger partial charge is 0.374 e. The van der Waals surface area contributed by atoms with Gasteiger partial charge in [0.15, 0.2) is 0 Å². The Balaban J connectivity index is 1.60. The molecule has 2 heterocycles. The van der Waals surface area contributed by atoms with Crippen LogP contribution >= 0.6 is 11.8 Å². The van der Waals surface area contributed by atoms with Crippen LogP contribution in [0.4, 0.5) is 0 Å². The Kier molecular flexibility index (Phi) is 4.20. The molecule has 2 saturated heterocycles. The first-order chi connectivity index (χ1) is 9.19. The van der Waals surface area contributed by atoms with Crippen molar-refractivity contribution in [3.05, 3.63) is 0 Å². The van der Waals surface area contributed by atoms with Gasteiger partial charge < -0.3 is 10.5 Å². The Morgan fingerprint density at radius 3 is 2.63 bits per heavy atom. The lowest BCUT2D eigenvalue weighted by Crippen LogP contribution is -2.44. The third-order valence-corrected chi connectivity index (χ3v) is 6.36. The molecule has 0 radical (unpaired) electrons. The Morgan fingerprint density at radius 1 is 1.16 bits per heavy atom. The van der Waals surface area contributed by atoms with E-state index in [1.165, 1.54) is 5.75 Å². The second-order valence-electron chi connectivity index (χ2n) is 6.54. The molecule has 0 aromatic heterocycles. The summed E-state index contributed by atoms with van der Waals surface area (Å²) in [6.07, 6.45) is 7.13. The molecule has 0 bridgehead atoms. The van der Waals surface area contributed by atoms with Crippen molar-refractivity contribution >= 4 is 17.5 Å². The van der Waals surface area contributed by atoms with Gasteiger partial charge in [0.25, 0.3) is 0 Å². The smallest absolute Gasteiger partial charge is 0.139 e. The van der Waals surface area contributed by atoms with E-state index in [0.717, 1.165) is 57.3 Å². The highest BCUT2D eigenvalue weighted by Crippen LogP contribution is 2.42. The van der Waals surface area contributed by atoms with E-state index in [0.29, 0.717) is 11.8 Å². The highest BCUT2D eigenvalue weighted by molar-refractivity contribution is 7.99. The predicted octanol–water partition coefficient (Wildman–Crippen LogP) is 2.38. The summed E-state index contributed by atoms with van der Waals surface area (Å²) in [5.41, 5.74) is 5.97. The number of ketones is 1. The van der Waals surface area contributed by atoms with Crippen molar-refractivity contribution in [1.29, 1.82) is 0 Å². The Hall–Kier alpha value is -0.0600. The molecule has 4 heteroatoms. The normalized spacial score (nSPS) is 43.5. The lowest BCUT2D eigenvalue weighted by atomic mass is 9.75. The predicted molar refractivity (Wildman–Crippen MR) is 78.3 cm³/mol. The van der Waals surface area contributed by atoms with Gasteiger partial charge in [-0.05, 0) is 50.7 Å². The van der Waals surface area contributed by atoms with E-state index < -0.39 is 0 Å². The molecule has 0 aromatic rings. The van der Waals surface area contributed by atoms with E-state index in [1.54, 1.807) is 0 Å². The van der Waals surface area contributed by atoms with Crippen LogP contribution in [0.25, 0.3) is 0 Å². The number of nitrogens with two attached hydrogens (primary N) is 1. The maximum absolute atomic E-state index is 12.7. The minimum atomic E-state index is 0.0360. The van der Waals surface area contributed by atoms with Crippen LogP contribution in [0.15, 0.2) is 0 Å². The lowest BCUT2D eigenvalue weighted by molar-refractivity contribution is -0.138. The fourth-order valence-corrected chi connectivity index (χ4v) is 5.25. The zero-order valence-electron chi connectivity index (χ0n) is 11.6. The summed E-state index contributed by atoms with van der Waals surface area (Å²) >= 11 is 1.98. The number of ether oxygens (including phenoxy) is 1. The van der Waals surface area contributed by atoms with Gasteiger partial charge >= 0.3 is 0 Å². The van der Waals surface area contributed by atoms with Gasteiger partial charge in [-0.1, -0.05) is 0 Å². The van der Waals surface area contributed by atoms with Gasteiger partial charge in [0, 0.05) is 30.2 Å². The molecule has 3 rings (SSSR count). The standard InChI is InChI=1S/C15H25NO2S/c16-13-3-1-11(2-4-13)14(17)12-5-7-18-15(9-12)6-8-19-10-15/h11-13H,1-10,16H2. The first kappa shape index (κ1) is 13.9. The van der Waals surface area contributed by atoms with Crippen molar-refractivity contribution < 1.29 is 9.53 Å². The van der Waals surface area contributed by atoms with Crippen LogP contribution in [0.3, 0.4) is 0 Å². The van der Waals surface area contributed by atoms with Crippen molar-refractivity contribution in [2.45, 2.75) is 56.6 Å². The Morgan fingerprint density at radius 2 is 1.95 bits per heavy atom. The van der Waals surface area contributed by atoms with Crippen molar-refractivity contribution in [2.24, 2.45) is 17.6 Å². The van der Waals surface area contributed by atoms with Gasteiger partial charge in [0.05, 0.1) is 5.60 Å². The van der Waals surface area contributed by atoms with Crippen LogP contribution in [0.2, 0.25) is 0 Å². The summed E-state index contributed by atoms with van der Waals surface area (Å²) in [6.45, 7) is 0.781. The fourth-order valence-electron chi connectivity index (χ4n) is 3.87. The summed E-state index contributed by atoms with van der Waals surface area (Å²) < 4.78 is 6.02. The van der Waals surface area contributed by atoms with E-state index in [4.69, 9.17) is 10.5 Å². The molecular weight excluding hydrogens is 258 g/mol. The summed E-state index contributed by atoms with van der Waals surface area (Å²) in [6, 6.07) is 0.330. The third kappa shape index (κ3) is 3.01. The number of rotatable bonds is 2. The van der Waals surface area contributed by atoms with Crippen molar-refractivity contribution in [3.8, 4) is 0 Å². The van der Waals surface area contributed by atoms with Crippen LogP contribution < -0.4 is 5.73 Å². The van der Waals surface area contributed by atoms with E-state index in [-0.39, 0.29) is 17.4 Å². The van der Waals surface area contributed by atoms with Crippen molar-refractivity contribution in [2.75, 3.05) is 18.1 Å². The Bertz CT molecular complexity index is 333. The van der Waals surface area contributed by atoms with Crippen LogP contribution in [-0.2, 0) is 9.53 Å². The molecule has 3 fully saturated rings. The molecule has 19 heavy (non-hydrogen) atoms. The highest BCUT2D eigenvalue weighted by Gasteiger charge is 2.43. The van der Waals surface area contributed by atoms with E-state index >= 15 is 0 Å². The minimum absolute atomic E-state index is 0.0360. The van der Waals surface area contributed by atoms with Gasteiger partial charge in [0.2, 0.25) is 0 Å². The zero-order valence-corrected chi connectivity index (χ0v) is 12.4. The molecule has 1 spiro atoms. The molecule has 2 unspecified atom stereocenters. The minimum Gasteiger partial charge on any atom is -0.374 e. The molecule has 2 aliphatic heterocycles. The van der Waals surface area contributed by atoms with Crippen LogP contribution in [0, 0.1) is 11.8 Å². The van der Waals surface area contributed by atoms with E-state index in [1.807, 2.05) is 11.8 Å². The number of hydrogen-bond acceptors (Lipinski definition) is 4. The van der Waals surface area contributed by atoms with Crippen LogP contribution in [0.5, 0.6) is 0 Å². The second-order valence-corrected chi connectivity index (χ2v) is 7.64. The van der Waals surface area contributed by atoms with Gasteiger partial charge in [-0.15, -0.1) is 0 Å². The zero-order chi connectivity index (χ0) is 13.3. The molecule has 2 N–H and O–H groups in total. The quantitative estimate of drug-likeness (QED) is 0.845.